The van der Waals surface area contributed by atoms with Gasteiger partial charge in [0.1, 0.15) is 9.79 Å². The predicted molar refractivity (Wildman–Crippen MR) is 75.0 cm³/mol. The summed E-state index contributed by atoms with van der Waals surface area (Å²) in [4.78, 5) is 9.40. The van der Waals surface area contributed by atoms with E-state index in [-0.39, 0.29) is 14.9 Å². The fourth-order valence-corrected chi connectivity index (χ4v) is 4.24. The lowest BCUT2D eigenvalue weighted by molar-refractivity contribution is -0.387. The third-order valence-electron chi connectivity index (χ3n) is 2.54. The number of hydrogen-bond donors (Lipinski definition) is 0. The Bertz CT molecular complexity index is 770. The van der Waals surface area contributed by atoms with E-state index in [0.717, 1.165) is 12.1 Å². The molecule has 20 heavy (non-hydrogen) atoms. The second-order valence-corrected chi connectivity index (χ2v) is 6.45. The molecule has 2 aromatic carbocycles. The van der Waals surface area contributed by atoms with Crippen molar-refractivity contribution in [2.24, 2.45) is 0 Å². The van der Waals surface area contributed by atoms with Gasteiger partial charge in [0.15, 0.2) is 0 Å². The van der Waals surface area contributed by atoms with Crippen molar-refractivity contribution in [1.82, 2.24) is 0 Å². The summed E-state index contributed by atoms with van der Waals surface area (Å²) in [6.45, 7) is 0. The molecule has 5 nitrogen and oxygen atoms in total. The van der Waals surface area contributed by atoms with Crippen molar-refractivity contribution in [3.05, 3.63) is 62.6 Å². The van der Waals surface area contributed by atoms with Gasteiger partial charge in [0, 0.05) is 6.07 Å². The minimum Gasteiger partial charge on any atom is -0.258 e. The van der Waals surface area contributed by atoms with E-state index < -0.39 is 25.3 Å². The maximum Gasteiger partial charge on any atom is 0.288 e. The van der Waals surface area contributed by atoms with Crippen molar-refractivity contribution in [3.8, 4) is 0 Å². The van der Waals surface area contributed by atoms with Gasteiger partial charge in [0.25, 0.3) is 5.69 Å². The zero-order valence-corrected chi connectivity index (χ0v) is 12.1. The number of halogens is 2. The van der Waals surface area contributed by atoms with E-state index in [0.29, 0.717) is 0 Å². The maximum atomic E-state index is 12.5. The highest BCUT2D eigenvalue weighted by Gasteiger charge is 2.30. The fourth-order valence-electron chi connectivity index (χ4n) is 1.68. The first-order valence-electron chi connectivity index (χ1n) is 5.28. The lowest BCUT2D eigenvalue weighted by Crippen LogP contribution is -2.07. The number of hydrogen-bond acceptors (Lipinski definition) is 4. The standard InChI is InChI=1S/C12H7Cl2NO4S/c13-8-4-3-5-9(14)12(8)20(18,19)11-7-2-1-6-10(11)15(16)17/h1-7H. The van der Waals surface area contributed by atoms with E-state index >= 15 is 0 Å². The molecule has 8 heteroatoms. The van der Waals surface area contributed by atoms with Gasteiger partial charge < -0.3 is 0 Å². The first-order valence-corrected chi connectivity index (χ1v) is 7.52. The van der Waals surface area contributed by atoms with Crippen LogP contribution in [0.2, 0.25) is 10.0 Å². The molecule has 0 spiro atoms. The summed E-state index contributed by atoms with van der Waals surface area (Å²) in [5.41, 5.74) is -0.525. The van der Waals surface area contributed by atoms with Gasteiger partial charge in [0.2, 0.25) is 9.84 Å². The van der Waals surface area contributed by atoms with E-state index in [1.165, 1.54) is 30.3 Å². The number of sulfone groups is 1. The van der Waals surface area contributed by atoms with Crippen LogP contribution in [-0.4, -0.2) is 13.3 Å². The number of nitrogens with zero attached hydrogens (tertiary/aromatic N) is 1. The van der Waals surface area contributed by atoms with E-state index in [2.05, 4.69) is 0 Å². The Morgan fingerprint density at radius 2 is 1.50 bits per heavy atom. The van der Waals surface area contributed by atoms with Crippen LogP contribution in [0.25, 0.3) is 0 Å². The smallest absolute Gasteiger partial charge is 0.258 e. The van der Waals surface area contributed by atoms with Gasteiger partial charge in [-0.25, -0.2) is 8.42 Å². The molecule has 0 N–H and O–H groups in total. The highest BCUT2D eigenvalue weighted by molar-refractivity contribution is 7.91. The van der Waals surface area contributed by atoms with Crippen LogP contribution in [0.4, 0.5) is 5.69 Å². The number of nitro benzene ring substituents is 1. The lowest BCUT2D eigenvalue weighted by atomic mass is 10.3. The molecule has 0 saturated carbocycles. The van der Waals surface area contributed by atoms with Gasteiger partial charge in [-0.15, -0.1) is 0 Å². The van der Waals surface area contributed by atoms with Crippen molar-refractivity contribution < 1.29 is 13.3 Å². The second kappa shape index (κ2) is 5.40. The minimum absolute atomic E-state index is 0.0874. The Hall–Kier alpha value is -1.63. The zero-order valence-electron chi connectivity index (χ0n) is 9.79. The summed E-state index contributed by atoms with van der Waals surface area (Å²) in [5.74, 6) is 0. The van der Waals surface area contributed by atoms with Crippen LogP contribution in [0.1, 0.15) is 0 Å². The molecule has 2 rings (SSSR count). The average Bonchev–Trinajstić information content (AvgIpc) is 2.38. The summed E-state index contributed by atoms with van der Waals surface area (Å²) in [5, 5.41) is 10.8. The number of para-hydroxylation sites is 1. The molecule has 0 aliphatic carbocycles. The molecule has 0 radical (unpaired) electrons. The van der Waals surface area contributed by atoms with Crippen molar-refractivity contribution >= 4 is 38.7 Å². The third-order valence-corrected chi connectivity index (χ3v) is 5.29. The monoisotopic (exact) mass is 331 g/mol. The average molecular weight is 332 g/mol. The van der Waals surface area contributed by atoms with Crippen LogP contribution < -0.4 is 0 Å². The summed E-state index contributed by atoms with van der Waals surface area (Å²) >= 11 is 11.7. The molecule has 0 fully saturated rings. The van der Waals surface area contributed by atoms with Crippen molar-refractivity contribution in [2.75, 3.05) is 0 Å². The first-order chi connectivity index (χ1) is 9.35. The Morgan fingerprint density at radius 1 is 0.950 bits per heavy atom. The summed E-state index contributed by atoms with van der Waals surface area (Å²) < 4.78 is 25.1. The SMILES string of the molecule is O=[N+]([O-])c1ccccc1S(=O)(=O)c1c(Cl)cccc1Cl. The van der Waals surface area contributed by atoms with Gasteiger partial charge >= 0.3 is 0 Å². The Labute approximate surface area is 124 Å². The van der Waals surface area contributed by atoms with Crippen LogP contribution in [0.15, 0.2) is 52.3 Å². The van der Waals surface area contributed by atoms with Crippen molar-refractivity contribution in [2.45, 2.75) is 9.79 Å². The number of rotatable bonds is 3. The zero-order chi connectivity index (χ0) is 14.9. The molecule has 0 saturated heterocycles. The van der Waals surface area contributed by atoms with Gasteiger partial charge in [-0.1, -0.05) is 41.4 Å². The summed E-state index contributed by atoms with van der Waals surface area (Å²) in [6, 6.07) is 9.23. The Balaban J connectivity index is 2.78. The van der Waals surface area contributed by atoms with Gasteiger partial charge in [-0.2, -0.15) is 0 Å². The van der Waals surface area contributed by atoms with E-state index in [1.54, 1.807) is 0 Å². The molecule has 0 aromatic heterocycles. The molecule has 104 valence electrons. The van der Waals surface area contributed by atoms with Crippen molar-refractivity contribution in [1.29, 1.82) is 0 Å². The van der Waals surface area contributed by atoms with E-state index in [4.69, 9.17) is 23.2 Å². The van der Waals surface area contributed by atoms with Crippen LogP contribution >= 0.6 is 23.2 Å². The van der Waals surface area contributed by atoms with Crippen LogP contribution in [-0.2, 0) is 9.84 Å². The lowest BCUT2D eigenvalue weighted by Gasteiger charge is -2.08. The molecular weight excluding hydrogens is 325 g/mol. The van der Waals surface area contributed by atoms with Gasteiger partial charge in [0.05, 0.1) is 15.0 Å². The highest BCUT2D eigenvalue weighted by atomic mass is 35.5. The van der Waals surface area contributed by atoms with Crippen LogP contribution in [0.3, 0.4) is 0 Å². The molecule has 0 atom stereocenters. The van der Waals surface area contributed by atoms with E-state index in [1.807, 2.05) is 0 Å². The summed E-state index contributed by atoms with van der Waals surface area (Å²) in [7, 11) is -4.18. The Morgan fingerprint density at radius 3 is 2.05 bits per heavy atom. The van der Waals surface area contributed by atoms with Crippen molar-refractivity contribution in [3.63, 3.8) is 0 Å². The van der Waals surface area contributed by atoms with Crippen LogP contribution in [0, 0.1) is 10.1 Å². The Kier molecular flexibility index (Phi) is 3.99. The minimum atomic E-state index is -4.18. The summed E-state index contributed by atoms with van der Waals surface area (Å²) in [6.07, 6.45) is 0. The maximum absolute atomic E-state index is 12.5. The molecule has 0 aliphatic heterocycles. The number of nitro groups is 1. The highest BCUT2D eigenvalue weighted by Crippen LogP contribution is 2.36. The van der Waals surface area contributed by atoms with E-state index in [9.17, 15) is 18.5 Å². The normalized spacial score (nSPS) is 11.3. The van der Waals surface area contributed by atoms with Crippen LogP contribution in [0.5, 0.6) is 0 Å². The fraction of sp³-hybridized carbons (Fsp3) is 0. The first kappa shape index (κ1) is 14.8. The number of benzene rings is 2. The second-order valence-electron chi connectivity index (χ2n) is 3.78. The topological polar surface area (TPSA) is 77.3 Å². The molecule has 2 aromatic rings. The third kappa shape index (κ3) is 2.49. The molecule has 0 bridgehead atoms. The molecule has 0 unspecified atom stereocenters. The van der Waals surface area contributed by atoms with Gasteiger partial charge in [-0.05, 0) is 18.2 Å². The quantitative estimate of drug-likeness (QED) is 0.634. The molecule has 0 aliphatic rings. The van der Waals surface area contributed by atoms with Gasteiger partial charge in [-0.3, -0.25) is 10.1 Å². The predicted octanol–water partition coefficient (Wildman–Crippen LogP) is 3.73. The molecular formula is C12H7Cl2NO4S. The largest absolute Gasteiger partial charge is 0.288 e. The molecule has 0 amide bonds. The molecule has 0 heterocycles.